The van der Waals surface area contributed by atoms with E-state index in [1.54, 1.807) is 0 Å². The van der Waals surface area contributed by atoms with Gasteiger partial charge in [-0.15, -0.1) is 0 Å². The number of aromatic hydroxyl groups is 2. The Labute approximate surface area is 104 Å². The van der Waals surface area contributed by atoms with Gasteiger partial charge in [-0.2, -0.15) is 0 Å². The molecule has 0 spiro atoms. The summed E-state index contributed by atoms with van der Waals surface area (Å²) < 4.78 is 5.06. The van der Waals surface area contributed by atoms with Gasteiger partial charge >= 0.3 is 5.97 Å². The van der Waals surface area contributed by atoms with E-state index in [1.807, 2.05) is 30.3 Å². The SMILES string of the molecule is O=C(OCc1ccccc1)c1cc(O)cc(O)c1. The Morgan fingerprint density at radius 1 is 1.00 bits per heavy atom. The average molecular weight is 244 g/mol. The molecule has 0 unspecified atom stereocenters. The lowest BCUT2D eigenvalue weighted by atomic mass is 10.2. The summed E-state index contributed by atoms with van der Waals surface area (Å²) in [7, 11) is 0. The molecule has 0 atom stereocenters. The zero-order valence-electron chi connectivity index (χ0n) is 9.54. The zero-order valence-corrected chi connectivity index (χ0v) is 9.54. The van der Waals surface area contributed by atoms with Crippen LogP contribution in [0.3, 0.4) is 0 Å². The largest absolute Gasteiger partial charge is 0.508 e. The Balaban J connectivity index is 2.04. The van der Waals surface area contributed by atoms with Crippen LogP contribution in [-0.2, 0) is 11.3 Å². The summed E-state index contributed by atoms with van der Waals surface area (Å²) >= 11 is 0. The Kier molecular flexibility index (Phi) is 3.48. The van der Waals surface area contributed by atoms with Crippen molar-refractivity contribution in [1.29, 1.82) is 0 Å². The van der Waals surface area contributed by atoms with Crippen LogP contribution in [0, 0.1) is 0 Å². The molecule has 2 aromatic rings. The molecule has 0 fully saturated rings. The second-order valence-electron chi connectivity index (χ2n) is 3.80. The summed E-state index contributed by atoms with van der Waals surface area (Å²) in [6.07, 6.45) is 0. The summed E-state index contributed by atoms with van der Waals surface area (Å²) in [5.41, 5.74) is 0.985. The molecule has 0 aliphatic carbocycles. The van der Waals surface area contributed by atoms with Crippen LogP contribution in [0.2, 0.25) is 0 Å². The standard InChI is InChI=1S/C14H12O4/c15-12-6-11(7-13(16)8-12)14(17)18-9-10-4-2-1-3-5-10/h1-8,15-16H,9H2. The lowest BCUT2D eigenvalue weighted by Gasteiger charge is -2.05. The smallest absolute Gasteiger partial charge is 0.338 e. The van der Waals surface area contributed by atoms with Crippen molar-refractivity contribution in [2.45, 2.75) is 6.61 Å². The number of esters is 1. The molecule has 2 aromatic carbocycles. The van der Waals surface area contributed by atoms with E-state index in [4.69, 9.17) is 4.74 Å². The predicted molar refractivity (Wildman–Crippen MR) is 65.3 cm³/mol. The number of ether oxygens (including phenoxy) is 1. The molecule has 0 saturated carbocycles. The Hall–Kier alpha value is -2.49. The molecule has 4 heteroatoms. The number of benzene rings is 2. The van der Waals surface area contributed by atoms with Crippen molar-refractivity contribution >= 4 is 5.97 Å². The van der Waals surface area contributed by atoms with Crippen LogP contribution in [0.5, 0.6) is 11.5 Å². The lowest BCUT2D eigenvalue weighted by Crippen LogP contribution is -2.04. The van der Waals surface area contributed by atoms with Crippen molar-refractivity contribution in [2.24, 2.45) is 0 Å². The second kappa shape index (κ2) is 5.23. The number of carbonyl (C=O) groups is 1. The van der Waals surface area contributed by atoms with Gasteiger partial charge < -0.3 is 14.9 Å². The van der Waals surface area contributed by atoms with E-state index in [0.717, 1.165) is 11.6 Å². The lowest BCUT2D eigenvalue weighted by molar-refractivity contribution is 0.0472. The van der Waals surface area contributed by atoms with Gasteiger partial charge in [-0.05, 0) is 17.7 Å². The van der Waals surface area contributed by atoms with Gasteiger partial charge in [0.05, 0.1) is 5.56 Å². The topological polar surface area (TPSA) is 66.8 Å². The van der Waals surface area contributed by atoms with Crippen molar-refractivity contribution in [3.05, 3.63) is 59.7 Å². The van der Waals surface area contributed by atoms with E-state index in [9.17, 15) is 15.0 Å². The third-order valence-electron chi connectivity index (χ3n) is 2.35. The maximum absolute atomic E-state index is 11.7. The van der Waals surface area contributed by atoms with Gasteiger partial charge in [-0.1, -0.05) is 30.3 Å². The third-order valence-corrected chi connectivity index (χ3v) is 2.35. The first-order valence-corrected chi connectivity index (χ1v) is 5.39. The maximum atomic E-state index is 11.7. The highest BCUT2D eigenvalue weighted by atomic mass is 16.5. The van der Waals surface area contributed by atoms with E-state index in [1.165, 1.54) is 12.1 Å². The zero-order chi connectivity index (χ0) is 13.0. The molecule has 0 aliphatic rings. The molecule has 0 aliphatic heterocycles. The molecule has 4 nitrogen and oxygen atoms in total. The summed E-state index contributed by atoms with van der Waals surface area (Å²) in [6.45, 7) is 0.149. The minimum absolute atomic E-state index is 0.114. The van der Waals surface area contributed by atoms with Gasteiger partial charge in [-0.25, -0.2) is 4.79 Å². The Bertz CT molecular complexity index is 529. The Morgan fingerprint density at radius 2 is 1.61 bits per heavy atom. The fourth-order valence-electron chi connectivity index (χ4n) is 1.52. The molecule has 2 rings (SSSR count). The van der Waals surface area contributed by atoms with Gasteiger partial charge in [0.25, 0.3) is 0 Å². The predicted octanol–water partition coefficient (Wildman–Crippen LogP) is 2.45. The molecule has 2 N–H and O–H groups in total. The summed E-state index contributed by atoms with van der Waals surface area (Å²) in [5.74, 6) is -0.951. The van der Waals surface area contributed by atoms with Crippen LogP contribution < -0.4 is 0 Å². The van der Waals surface area contributed by atoms with Crippen molar-refractivity contribution in [3.8, 4) is 11.5 Å². The van der Waals surface area contributed by atoms with Gasteiger partial charge in [-0.3, -0.25) is 0 Å². The molecule has 0 heterocycles. The van der Waals surface area contributed by atoms with Gasteiger partial charge in [0.15, 0.2) is 0 Å². The van der Waals surface area contributed by atoms with E-state index >= 15 is 0 Å². The summed E-state index contributed by atoms with van der Waals surface area (Å²) in [4.78, 5) is 11.7. The number of phenols is 2. The number of hydrogen-bond acceptors (Lipinski definition) is 4. The molecule has 0 aromatic heterocycles. The highest BCUT2D eigenvalue weighted by Crippen LogP contribution is 2.21. The summed E-state index contributed by atoms with van der Waals surface area (Å²) in [5, 5.41) is 18.5. The molecular weight excluding hydrogens is 232 g/mol. The van der Waals surface area contributed by atoms with Crippen LogP contribution in [0.1, 0.15) is 15.9 Å². The molecule has 0 saturated heterocycles. The first kappa shape index (κ1) is 12.0. The van der Waals surface area contributed by atoms with Crippen molar-refractivity contribution in [2.75, 3.05) is 0 Å². The number of carbonyl (C=O) groups excluding carboxylic acids is 1. The number of phenolic OH excluding ortho intramolecular Hbond substituents is 2. The first-order valence-electron chi connectivity index (χ1n) is 5.39. The second-order valence-corrected chi connectivity index (χ2v) is 3.80. The fourth-order valence-corrected chi connectivity index (χ4v) is 1.52. The fraction of sp³-hybridized carbons (Fsp3) is 0.0714. The van der Waals surface area contributed by atoms with E-state index in [-0.39, 0.29) is 23.7 Å². The molecule has 0 radical (unpaired) electrons. The van der Waals surface area contributed by atoms with Gasteiger partial charge in [0, 0.05) is 6.07 Å². The van der Waals surface area contributed by atoms with Crippen LogP contribution in [0.4, 0.5) is 0 Å². The number of rotatable bonds is 3. The van der Waals surface area contributed by atoms with Crippen molar-refractivity contribution in [1.82, 2.24) is 0 Å². The first-order chi connectivity index (χ1) is 8.65. The molecule has 0 bridgehead atoms. The highest BCUT2D eigenvalue weighted by Gasteiger charge is 2.10. The van der Waals surface area contributed by atoms with Gasteiger partial charge in [0.2, 0.25) is 0 Å². The Morgan fingerprint density at radius 3 is 2.22 bits per heavy atom. The van der Waals surface area contributed by atoms with E-state index < -0.39 is 5.97 Å². The normalized spacial score (nSPS) is 10.0. The summed E-state index contributed by atoms with van der Waals surface area (Å²) in [6, 6.07) is 12.9. The quantitative estimate of drug-likeness (QED) is 0.814. The van der Waals surface area contributed by atoms with Crippen LogP contribution in [-0.4, -0.2) is 16.2 Å². The highest BCUT2D eigenvalue weighted by molar-refractivity contribution is 5.90. The van der Waals surface area contributed by atoms with E-state index in [0.29, 0.717) is 0 Å². The monoisotopic (exact) mass is 244 g/mol. The van der Waals surface area contributed by atoms with Gasteiger partial charge in [0.1, 0.15) is 18.1 Å². The molecular formula is C14H12O4. The molecule has 0 amide bonds. The minimum atomic E-state index is -0.593. The van der Waals surface area contributed by atoms with Crippen molar-refractivity contribution < 1.29 is 19.7 Å². The van der Waals surface area contributed by atoms with Crippen LogP contribution in [0.15, 0.2) is 48.5 Å². The van der Waals surface area contributed by atoms with Crippen molar-refractivity contribution in [3.63, 3.8) is 0 Å². The number of hydrogen-bond donors (Lipinski definition) is 2. The maximum Gasteiger partial charge on any atom is 0.338 e. The van der Waals surface area contributed by atoms with Crippen LogP contribution >= 0.6 is 0 Å². The molecule has 18 heavy (non-hydrogen) atoms. The average Bonchev–Trinajstić information content (AvgIpc) is 2.36. The third kappa shape index (κ3) is 3.01. The van der Waals surface area contributed by atoms with E-state index in [2.05, 4.69) is 0 Å². The van der Waals surface area contributed by atoms with Crippen LogP contribution in [0.25, 0.3) is 0 Å². The molecule has 92 valence electrons. The minimum Gasteiger partial charge on any atom is -0.508 e.